The molecule has 31 heavy (non-hydrogen) atoms. The summed E-state index contributed by atoms with van der Waals surface area (Å²) in [5.74, 6) is 0.903. The Labute approximate surface area is 187 Å². The number of amides is 1. The molecule has 0 bridgehead atoms. The van der Waals surface area contributed by atoms with E-state index in [0.29, 0.717) is 6.54 Å². The number of allylic oxidation sites excluding steroid dienone is 1. The van der Waals surface area contributed by atoms with Crippen LogP contribution in [0.4, 0.5) is 0 Å². The highest BCUT2D eigenvalue weighted by Crippen LogP contribution is 2.62. The third-order valence-electron chi connectivity index (χ3n) is 6.81. The van der Waals surface area contributed by atoms with Gasteiger partial charge >= 0.3 is 0 Å². The molecule has 1 aromatic carbocycles. The minimum absolute atomic E-state index is 0.00319. The molecule has 3 rings (SSSR count). The van der Waals surface area contributed by atoms with E-state index < -0.39 is 0 Å². The first-order valence-electron chi connectivity index (χ1n) is 11.5. The molecule has 4 heteroatoms. The summed E-state index contributed by atoms with van der Waals surface area (Å²) in [6.45, 7) is 5.29. The summed E-state index contributed by atoms with van der Waals surface area (Å²) in [7, 11) is 1.71. The number of aryl methyl sites for hydroxylation is 1. The number of unbranched alkanes of at least 4 members (excludes halogenated alkanes) is 1. The van der Waals surface area contributed by atoms with E-state index >= 15 is 0 Å². The van der Waals surface area contributed by atoms with Crippen LogP contribution in [0.3, 0.4) is 0 Å². The Hall–Kier alpha value is -2.62. The second kappa shape index (κ2) is 10.6. The van der Waals surface area contributed by atoms with Gasteiger partial charge in [-0.2, -0.15) is 0 Å². The van der Waals surface area contributed by atoms with Crippen molar-refractivity contribution in [3.05, 3.63) is 72.1 Å². The van der Waals surface area contributed by atoms with Gasteiger partial charge in [0.1, 0.15) is 5.75 Å². The summed E-state index contributed by atoms with van der Waals surface area (Å²) >= 11 is 0. The lowest BCUT2D eigenvalue weighted by atomic mass is 9.66. The number of pyridine rings is 1. The third-order valence-corrected chi connectivity index (χ3v) is 6.81. The van der Waals surface area contributed by atoms with Crippen molar-refractivity contribution in [2.45, 2.75) is 64.2 Å². The minimum Gasteiger partial charge on any atom is -0.497 e. The maximum atomic E-state index is 12.4. The van der Waals surface area contributed by atoms with Crippen molar-refractivity contribution >= 4 is 5.91 Å². The summed E-state index contributed by atoms with van der Waals surface area (Å²) < 4.78 is 5.47. The highest BCUT2D eigenvalue weighted by atomic mass is 16.5. The Morgan fingerprint density at radius 3 is 2.77 bits per heavy atom. The lowest BCUT2D eigenvalue weighted by Gasteiger charge is -2.38. The minimum atomic E-state index is -0.00319. The average molecular weight is 421 g/mol. The van der Waals surface area contributed by atoms with E-state index in [1.165, 1.54) is 11.1 Å². The fourth-order valence-electron chi connectivity index (χ4n) is 4.69. The van der Waals surface area contributed by atoms with Crippen molar-refractivity contribution in [2.75, 3.05) is 13.7 Å². The molecule has 0 spiro atoms. The lowest BCUT2D eigenvalue weighted by Crippen LogP contribution is -2.33. The van der Waals surface area contributed by atoms with Gasteiger partial charge < -0.3 is 10.1 Å². The Balaban J connectivity index is 1.55. The highest BCUT2D eigenvalue weighted by Gasteiger charge is 2.55. The van der Waals surface area contributed by atoms with Crippen LogP contribution in [0.25, 0.3) is 0 Å². The molecule has 1 N–H and O–H groups in total. The van der Waals surface area contributed by atoms with E-state index in [1.807, 2.05) is 18.3 Å². The first-order valence-corrected chi connectivity index (χ1v) is 11.5. The molecular weight excluding hydrogens is 384 g/mol. The predicted molar refractivity (Wildman–Crippen MR) is 126 cm³/mol. The van der Waals surface area contributed by atoms with Crippen molar-refractivity contribution in [1.29, 1.82) is 0 Å². The molecule has 1 amide bonds. The smallest absolute Gasteiger partial charge is 0.243 e. The number of benzene rings is 1. The van der Waals surface area contributed by atoms with Crippen LogP contribution in [0, 0.1) is 5.41 Å². The standard InChI is InChI=1S/C27H36N2O2/c1-4-14-26(2,23-11-7-12-24(20-23)31-3)27(16-17-27)15-13-25(30)29-19-6-5-9-22-10-8-18-28-21-22/h7-8,10-13,15,18,20-21H,4-6,9,14,16-17,19H2,1-3H3,(H,29,30)/b15-13+. The van der Waals surface area contributed by atoms with Gasteiger partial charge in [-0.05, 0) is 79.3 Å². The number of nitrogens with zero attached hydrogens (tertiary/aromatic N) is 1. The van der Waals surface area contributed by atoms with Gasteiger partial charge in [0.25, 0.3) is 0 Å². The maximum Gasteiger partial charge on any atom is 0.243 e. The second-order valence-electron chi connectivity index (χ2n) is 8.91. The molecule has 1 heterocycles. The normalized spacial score (nSPS) is 16.6. The Morgan fingerprint density at radius 1 is 1.26 bits per heavy atom. The molecular formula is C27H36N2O2. The van der Waals surface area contributed by atoms with Crippen LogP contribution in [-0.4, -0.2) is 24.5 Å². The van der Waals surface area contributed by atoms with Crippen LogP contribution in [0.1, 0.15) is 63.5 Å². The van der Waals surface area contributed by atoms with Crippen molar-refractivity contribution in [3.63, 3.8) is 0 Å². The molecule has 1 aliphatic rings. The zero-order valence-electron chi connectivity index (χ0n) is 19.2. The second-order valence-corrected chi connectivity index (χ2v) is 8.91. The molecule has 1 unspecified atom stereocenters. The summed E-state index contributed by atoms with van der Waals surface area (Å²) in [6.07, 6.45) is 15.1. The predicted octanol–water partition coefficient (Wildman–Crippen LogP) is 5.62. The molecule has 1 fully saturated rings. The Kier molecular flexibility index (Phi) is 7.89. The highest BCUT2D eigenvalue weighted by molar-refractivity contribution is 5.87. The molecule has 1 aromatic heterocycles. The van der Waals surface area contributed by atoms with Crippen molar-refractivity contribution in [1.82, 2.24) is 10.3 Å². The molecule has 4 nitrogen and oxygen atoms in total. The molecule has 0 saturated heterocycles. The van der Waals surface area contributed by atoms with E-state index in [2.05, 4.69) is 54.5 Å². The van der Waals surface area contributed by atoms with Crippen LogP contribution in [0.15, 0.2) is 60.9 Å². The zero-order chi connectivity index (χ0) is 22.2. The number of aromatic nitrogens is 1. The first-order chi connectivity index (χ1) is 15.0. The van der Waals surface area contributed by atoms with Crippen LogP contribution < -0.4 is 10.1 Å². The molecule has 0 aliphatic heterocycles. The number of hydrogen-bond donors (Lipinski definition) is 1. The van der Waals surface area contributed by atoms with Gasteiger partial charge in [0.15, 0.2) is 0 Å². The number of hydrogen-bond acceptors (Lipinski definition) is 3. The molecule has 1 atom stereocenters. The van der Waals surface area contributed by atoms with E-state index in [4.69, 9.17) is 4.74 Å². The summed E-state index contributed by atoms with van der Waals surface area (Å²) in [4.78, 5) is 16.6. The van der Waals surface area contributed by atoms with E-state index in [1.54, 1.807) is 19.4 Å². The maximum absolute atomic E-state index is 12.4. The van der Waals surface area contributed by atoms with Crippen LogP contribution in [-0.2, 0) is 16.6 Å². The molecule has 1 saturated carbocycles. The van der Waals surface area contributed by atoms with Crippen molar-refractivity contribution in [2.24, 2.45) is 5.41 Å². The lowest BCUT2D eigenvalue weighted by molar-refractivity contribution is -0.116. The topological polar surface area (TPSA) is 51.2 Å². The summed E-state index contributed by atoms with van der Waals surface area (Å²) in [5, 5.41) is 3.05. The quantitative estimate of drug-likeness (QED) is 0.358. The summed E-state index contributed by atoms with van der Waals surface area (Å²) in [5.41, 5.74) is 2.59. The third kappa shape index (κ3) is 5.75. The first kappa shape index (κ1) is 23.1. The number of nitrogens with one attached hydrogen (secondary N) is 1. The van der Waals surface area contributed by atoms with Crippen molar-refractivity contribution < 1.29 is 9.53 Å². The van der Waals surface area contributed by atoms with E-state index in [0.717, 1.165) is 50.7 Å². The number of carbonyl (C=O) groups is 1. The van der Waals surface area contributed by atoms with Crippen LogP contribution in [0.5, 0.6) is 5.75 Å². The fraction of sp³-hybridized carbons (Fsp3) is 0.481. The van der Waals surface area contributed by atoms with Crippen LogP contribution in [0.2, 0.25) is 0 Å². The number of ether oxygens (including phenoxy) is 1. The van der Waals surface area contributed by atoms with E-state index in [-0.39, 0.29) is 16.7 Å². The fourth-order valence-corrected chi connectivity index (χ4v) is 4.69. The Morgan fingerprint density at radius 2 is 2.10 bits per heavy atom. The zero-order valence-corrected chi connectivity index (χ0v) is 19.2. The number of rotatable bonds is 12. The molecule has 166 valence electrons. The number of carbonyl (C=O) groups excluding carboxylic acids is 1. The van der Waals surface area contributed by atoms with Gasteiger partial charge in [-0.15, -0.1) is 0 Å². The molecule has 0 radical (unpaired) electrons. The van der Waals surface area contributed by atoms with Crippen LogP contribution >= 0.6 is 0 Å². The van der Waals surface area contributed by atoms with Gasteiger partial charge in [0.05, 0.1) is 7.11 Å². The van der Waals surface area contributed by atoms with Gasteiger partial charge in [-0.1, -0.05) is 44.5 Å². The molecule has 2 aromatic rings. The number of methoxy groups -OCH3 is 1. The van der Waals surface area contributed by atoms with Gasteiger partial charge in [-0.25, -0.2) is 0 Å². The van der Waals surface area contributed by atoms with Gasteiger partial charge in [0, 0.05) is 24.4 Å². The van der Waals surface area contributed by atoms with E-state index in [9.17, 15) is 4.79 Å². The molecule has 1 aliphatic carbocycles. The monoisotopic (exact) mass is 420 g/mol. The Bertz CT molecular complexity index is 874. The largest absolute Gasteiger partial charge is 0.497 e. The average Bonchev–Trinajstić information content (AvgIpc) is 3.60. The van der Waals surface area contributed by atoms with Crippen molar-refractivity contribution in [3.8, 4) is 5.75 Å². The SMILES string of the molecule is CCCC(C)(c1cccc(OC)c1)C1(/C=C/C(=O)NCCCCc2cccnc2)CC1. The van der Waals surface area contributed by atoms with Gasteiger partial charge in [0.2, 0.25) is 5.91 Å². The van der Waals surface area contributed by atoms with Gasteiger partial charge in [-0.3, -0.25) is 9.78 Å². The summed E-state index contributed by atoms with van der Waals surface area (Å²) in [6, 6.07) is 12.5.